The molecule has 0 aromatic carbocycles. The van der Waals surface area contributed by atoms with Gasteiger partial charge in [0, 0.05) is 31.6 Å². The summed E-state index contributed by atoms with van der Waals surface area (Å²) in [5, 5.41) is 6.79. The maximum Gasteiger partial charge on any atom is 0.221 e. The number of carbonyl (C=O) groups excluding carboxylic acids is 1. The van der Waals surface area contributed by atoms with Crippen LogP contribution in [-0.2, 0) is 4.79 Å². The molecule has 21 heavy (non-hydrogen) atoms. The lowest BCUT2D eigenvalue weighted by Crippen LogP contribution is -2.41. The minimum atomic E-state index is 0.252. The van der Waals surface area contributed by atoms with Gasteiger partial charge in [0.1, 0.15) is 0 Å². The first-order valence-corrected chi connectivity index (χ1v) is 9.03. The molecule has 1 saturated carbocycles. The van der Waals surface area contributed by atoms with Crippen molar-refractivity contribution in [2.75, 3.05) is 26.2 Å². The summed E-state index contributed by atoms with van der Waals surface area (Å²) in [5.74, 6) is 0.252. The van der Waals surface area contributed by atoms with E-state index < -0.39 is 0 Å². The molecule has 0 bridgehead atoms. The van der Waals surface area contributed by atoms with Gasteiger partial charge in [-0.1, -0.05) is 26.2 Å². The number of hydrogen-bond acceptors (Lipinski definition) is 3. The molecule has 1 saturated heterocycles. The van der Waals surface area contributed by atoms with Gasteiger partial charge in [-0.15, -0.1) is 0 Å². The molecule has 1 amide bonds. The summed E-state index contributed by atoms with van der Waals surface area (Å²) in [7, 11) is 0. The minimum absolute atomic E-state index is 0.252. The van der Waals surface area contributed by atoms with Crippen molar-refractivity contribution < 1.29 is 4.79 Å². The van der Waals surface area contributed by atoms with Crippen LogP contribution in [0.15, 0.2) is 0 Å². The fraction of sp³-hybridized carbons (Fsp3) is 0.941. The normalized spacial score (nSPS) is 23.6. The predicted molar refractivity (Wildman–Crippen MR) is 87.4 cm³/mol. The predicted octanol–water partition coefficient (Wildman–Crippen LogP) is 2.29. The third-order valence-corrected chi connectivity index (χ3v) is 4.81. The van der Waals surface area contributed by atoms with Crippen molar-refractivity contribution in [3.63, 3.8) is 0 Å². The molecule has 122 valence electrons. The van der Waals surface area contributed by atoms with Gasteiger partial charge < -0.3 is 15.5 Å². The smallest absolute Gasteiger partial charge is 0.221 e. The number of nitrogens with one attached hydrogen (secondary N) is 2. The first kappa shape index (κ1) is 16.8. The number of hydrogen-bond donors (Lipinski definition) is 2. The summed E-state index contributed by atoms with van der Waals surface area (Å²) in [4.78, 5) is 14.6. The van der Waals surface area contributed by atoms with E-state index in [1.165, 1.54) is 44.9 Å². The number of amides is 1. The summed E-state index contributed by atoms with van der Waals surface area (Å²) in [5.41, 5.74) is 0. The Hall–Kier alpha value is -0.610. The molecule has 1 heterocycles. The quantitative estimate of drug-likeness (QED) is 0.722. The van der Waals surface area contributed by atoms with Crippen LogP contribution in [-0.4, -0.2) is 49.1 Å². The fourth-order valence-electron chi connectivity index (χ4n) is 3.64. The standard InChI is InChI=1S/C17H33N3O/c1-2-12-20(14-16-9-6-11-18-16)13-10-17(21)19-15-7-4-3-5-8-15/h15-16,18H,2-14H2,1H3,(H,19,21). The number of carbonyl (C=O) groups is 1. The monoisotopic (exact) mass is 295 g/mol. The second kappa shape index (κ2) is 9.42. The van der Waals surface area contributed by atoms with Crippen LogP contribution in [0.5, 0.6) is 0 Å². The first-order valence-electron chi connectivity index (χ1n) is 9.03. The summed E-state index contributed by atoms with van der Waals surface area (Å²) in [6, 6.07) is 1.08. The zero-order chi connectivity index (χ0) is 14.9. The zero-order valence-corrected chi connectivity index (χ0v) is 13.7. The molecular formula is C17H33N3O. The number of rotatable bonds is 8. The van der Waals surface area contributed by atoms with E-state index in [2.05, 4.69) is 22.5 Å². The average Bonchev–Trinajstić information content (AvgIpc) is 2.99. The van der Waals surface area contributed by atoms with Crippen LogP contribution in [0.25, 0.3) is 0 Å². The van der Waals surface area contributed by atoms with Gasteiger partial charge in [0.2, 0.25) is 5.91 Å². The Kier molecular flexibility index (Phi) is 7.51. The molecule has 1 atom stereocenters. The van der Waals surface area contributed by atoms with Crippen LogP contribution >= 0.6 is 0 Å². The first-order chi connectivity index (χ1) is 10.3. The van der Waals surface area contributed by atoms with Crippen molar-refractivity contribution in [2.24, 2.45) is 0 Å². The molecule has 1 aliphatic carbocycles. The Labute approximate surface area is 130 Å². The fourth-order valence-corrected chi connectivity index (χ4v) is 3.64. The second-order valence-electron chi connectivity index (χ2n) is 6.75. The third kappa shape index (κ3) is 6.35. The van der Waals surface area contributed by atoms with Gasteiger partial charge >= 0.3 is 0 Å². The Balaban J connectivity index is 1.65. The Bertz CT molecular complexity index is 296. The highest BCUT2D eigenvalue weighted by Crippen LogP contribution is 2.17. The molecule has 0 aromatic rings. The molecule has 4 heteroatoms. The highest BCUT2D eigenvalue weighted by molar-refractivity contribution is 5.76. The Morgan fingerprint density at radius 1 is 1.14 bits per heavy atom. The van der Waals surface area contributed by atoms with Gasteiger partial charge in [0.15, 0.2) is 0 Å². The van der Waals surface area contributed by atoms with E-state index in [4.69, 9.17) is 0 Å². The van der Waals surface area contributed by atoms with E-state index in [9.17, 15) is 4.79 Å². The topological polar surface area (TPSA) is 44.4 Å². The van der Waals surface area contributed by atoms with Gasteiger partial charge in [0.25, 0.3) is 0 Å². The van der Waals surface area contributed by atoms with Crippen molar-refractivity contribution in [3.05, 3.63) is 0 Å². The van der Waals surface area contributed by atoms with Crippen LogP contribution in [0.3, 0.4) is 0 Å². The molecule has 0 spiro atoms. The average molecular weight is 295 g/mol. The Morgan fingerprint density at radius 3 is 2.62 bits per heavy atom. The van der Waals surface area contributed by atoms with Crippen molar-refractivity contribution in [2.45, 2.75) is 76.8 Å². The highest BCUT2D eigenvalue weighted by Gasteiger charge is 2.19. The van der Waals surface area contributed by atoms with Crippen LogP contribution < -0.4 is 10.6 Å². The van der Waals surface area contributed by atoms with Crippen molar-refractivity contribution in [1.29, 1.82) is 0 Å². The van der Waals surface area contributed by atoms with Crippen LogP contribution in [0.2, 0.25) is 0 Å². The highest BCUT2D eigenvalue weighted by atomic mass is 16.1. The SMILES string of the molecule is CCCN(CCC(=O)NC1CCCCC1)CC1CCCN1. The molecule has 0 radical (unpaired) electrons. The van der Waals surface area contributed by atoms with E-state index in [0.717, 1.165) is 32.6 Å². The summed E-state index contributed by atoms with van der Waals surface area (Å²) in [6.45, 7) is 6.49. The van der Waals surface area contributed by atoms with Crippen LogP contribution in [0.1, 0.15) is 64.7 Å². The van der Waals surface area contributed by atoms with Gasteiger partial charge in [-0.3, -0.25) is 4.79 Å². The molecule has 1 aliphatic heterocycles. The van der Waals surface area contributed by atoms with Gasteiger partial charge in [-0.2, -0.15) is 0 Å². The van der Waals surface area contributed by atoms with E-state index in [-0.39, 0.29) is 5.91 Å². The van der Waals surface area contributed by atoms with Gasteiger partial charge in [0.05, 0.1) is 0 Å². The molecular weight excluding hydrogens is 262 g/mol. The van der Waals surface area contributed by atoms with E-state index in [1.807, 2.05) is 0 Å². The van der Waals surface area contributed by atoms with Crippen molar-refractivity contribution >= 4 is 5.91 Å². The molecule has 2 N–H and O–H groups in total. The van der Waals surface area contributed by atoms with E-state index in [0.29, 0.717) is 18.5 Å². The lowest BCUT2D eigenvalue weighted by molar-refractivity contribution is -0.122. The third-order valence-electron chi connectivity index (χ3n) is 4.81. The van der Waals surface area contributed by atoms with Gasteiger partial charge in [-0.05, 0) is 45.2 Å². The summed E-state index contributed by atoms with van der Waals surface area (Å²) in [6.07, 6.45) is 10.7. The zero-order valence-electron chi connectivity index (χ0n) is 13.7. The maximum atomic E-state index is 12.1. The second-order valence-corrected chi connectivity index (χ2v) is 6.75. The van der Waals surface area contributed by atoms with E-state index >= 15 is 0 Å². The molecule has 1 unspecified atom stereocenters. The molecule has 2 fully saturated rings. The maximum absolute atomic E-state index is 12.1. The molecule has 0 aromatic heterocycles. The molecule has 2 rings (SSSR count). The van der Waals surface area contributed by atoms with Crippen molar-refractivity contribution in [1.82, 2.24) is 15.5 Å². The van der Waals surface area contributed by atoms with Gasteiger partial charge in [-0.25, -0.2) is 0 Å². The van der Waals surface area contributed by atoms with Crippen LogP contribution in [0, 0.1) is 0 Å². The summed E-state index contributed by atoms with van der Waals surface area (Å²) < 4.78 is 0. The molecule has 2 aliphatic rings. The summed E-state index contributed by atoms with van der Waals surface area (Å²) >= 11 is 0. The molecule has 4 nitrogen and oxygen atoms in total. The lowest BCUT2D eigenvalue weighted by Gasteiger charge is -2.26. The lowest BCUT2D eigenvalue weighted by atomic mass is 9.95. The van der Waals surface area contributed by atoms with Crippen LogP contribution in [0.4, 0.5) is 0 Å². The number of nitrogens with zero attached hydrogens (tertiary/aromatic N) is 1. The Morgan fingerprint density at radius 2 is 1.95 bits per heavy atom. The largest absolute Gasteiger partial charge is 0.353 e. The minimum Gasteiger partial charge on any atom is -0.353 e. The van der Waals surface area contributed by atoms with Crippen molar-refractivity contribution in [3.8, 4) is 0 Å². The van der Waals surface area contributed by atoms with E-state index in [1.54, 1.807) is 0 Å².